The molecule has 28 heavy (non-hydrogen) atoms. The normalized spacial score (nSPS) is 12.2. The zero-order chi connectivity index (χ0) is 20.3. The molecule has 0 spiro atoms. The highest BCUT2D eigenvalue weighted by molar-refractivity contribution is 7.80. The van der Waals surface area contributed by atoms with Crippen LogP contribution in [0.15, 0.2) is 46.9 Å². The maximum Gasteiger partial charge on any atom is 0.228 e. The molecule has 1 amide bonds. The van der Waals surface area contributed by atoms with Gasteiger partial charge in [0.15, 0.2) is 10.7 Å². The molecule has 2 N–H and O–H groups in total. The van der Waals surface area contributed by atoms with Crippen LogP contribution in [0, 0.1) is 5.92 Å². The molecule has 0 unspecified atom stereocenters. The lowest BCUT2D eigenvalue weighted by Gasteiger charge is -2.11. The van der Waals surface area contributed by atoms with Crippen LogP contribution in [0.4, 0.5) is 5.69 Å². The van der Waals surface area contributed by atoms with Crippen LogP contribution in [0.5, 0.6) is 0 Å². The predicted molar refractivity (Wildman–Crippen MR) is 117 cm³/mol. The third kappa shape index (κ3) is 4.57. The number of rotatable bonds is 5. The van der Waals surface area contributed by atoms with Crippen molar-refractivity contribution >= 4 is 40.0 Å². The maximum atomic E-state index is 11.7. The molecule has 0 aliphatic heterocycles. The first-order valence-electron chi connectivity index (χ1n) is 9.50. The molecular weight excluding hydrogens is 370 g/mol. The Kier molecular flexibility index (Phi) is 6.09. The number of nitrogens with zero attached hydrogens (tertiary/aromatic N) is 1. The number of amides is 1. The highest BCUT2D eigenvalue weighted by Crippen LogP contribution is 2.28. The lowest BCUT2D eigenvalue weighted by atomic mass is 9.98. The predicted octanol–water partition coefficient (Wildman–Crippen LogP) is 5.48. The van der Waals surface area contributed by atoms with Gasteiger partial charge < -0.3 is 15.1 Å². The van der Waals surface area contributed by atoms with Crippen LogP contribution in [0.1, 0.15) is 45.6 Å². The number of hydrogen-bond acceptors (Lipinski definition) is 4. The summed E-state index contributed by atoms with van der Waals surface area (Å²) >= 11 is 5.17. The molecule has 146 valence electrons. The third-order valence-electron chi connectivity index (χ3n) is 4.74. The van der Waals surface area contributed by atoms with E-state index < -0.39 is 0 Å². The Labute approximate surface area is 170 Å². The number of anilines is 1. The molecule has 0 fully saturated rings. The number of carbonyl (C=O) groups is 1. The number of benzene rings is 2. The minimum atomic E-state index is -0.123. The van der Waals surface area contributed by atoms with Crippen molar-refractivity contribution in [1.29, 1.82) is 0 Å². The number of carbonyl (C=O) groups excluding carboxylic acids is 1. The molecule has 1 atom stereocenters. The second kappa shape index (κ2) is 8.52. The van der Waals surface area contributed by atoms with Gasteiger partial charge in [-0.3, -0.25) is 4.79 Å². The zero-order valence-electron chi connectivity index (χ0n) is 16.6. The van der Waals surface area contributed by atoms with Crippen LogP contribution < -0.4 is 10.6 Å². The molecule has 3 aromatic rings. The number of fused-ring (bicyclic) bond motifs is 1. The molecule has 0 saturated heterocycles. The number of hydrogen-bond donors (Lipinski definition) is 2. The molecule has 1 aromatic heterocycles. The summed E-state index contributed by atoms with van der Waals surface area (Å²) in [6, 6.07) is 13.8. The van der Waals surface area contributed by atoms with Crippen molar-refractivity contribution in [2.45, 2.75) is 40.0 Å². The summed E-state index contributed by atoms with van der Waals surface area (Å²) < 4.78 is 5.91. The van der Waals surface area contributed by atoms with E-state index in [1.54, 1.807) is 0 Å². The first kappa shape index (κ1) is 20.0. The number of aromatic nitrogens is 1. The minimum absolute atomic E-state index is 0.114. The largest absolute Gasteiger partial charge is 0.436 e. The van der Waals surface area contributed by atoms with E-state index in [2.05, 4.69) is 41.6 Å². The van der Waals surface area contributed by atoms with Crippen LogP contribution in [-0.2, 0) is 4.79 Å². The average Bonchev–Trinajstić information content (AvgIpc) is 3.10. The second-order valence-electron chi connectivity index (χ2n) is 7.23. The lowest BCUT2D eigenvalue weighted by molar-refractivity contribution is -0.122. The first-order chi connectivity index (χ1) is 13.4. The highest BCUT2D eigenvalue weighted by atomic mass is 32.1. The smallest absolute Gasteiger partial charge is 0.228 e. The molecule has 2 aromatic carbocycles. The van der Waals surface area contributed by atoms with Crippen molar-refractivity contribution < 1.29 is 9.21 Å². The molecule has 0 radical (unpaired) electrons. The third-order valence-corrected chi connectivity index (χ3v) is 4.95. The van der Waals surface area contributed by atoms with Crippen LogP contribution in [0.3, 0.4) is 0 Å². The van der Waals surface area contributed by atoms with Gasteiger partial charge in [0.1, 0.15) is 5.52 Å². The van der Waals surface area contributed by atoms with Gasteiger partial charge in [0, 0.05) is 17.2 Å². The van der Waals surface area contributed by atoms with E-state index in [0.717, 1.165) is 28.8 Å². The Bertz CT molecular complexity index is 993. The van der Waals surface area contributed by atoms with Crippen molar-refractivity contribution in [2.75, 3.05) is 5.32 Å². The molecule has 0 bridgehead atoms. The number of thiocarbonyl (C=S) groups is 1. The van der Waals surface area contributed by atoms with Crippen LogP contribution in [-0.4, -0.2) is 16.0 Å². The Morgan fingerprint density at radius 3 is 2.50 bits per heavy atom. The number of nitrogens with one attached hydrogen (secondary N) is 2. The van der Waals surface area contributed by atoms with Gasteiger partial charge in [0.2, 0.25) is 11.8 Å². The van der Waals surface area contributed by atoms with Crippen LogP contribution in [0.2, 0.25) is 0 Å². The monoisotopic (exact) mass is 395 g/mol. The summed E-state index contributed by atoms with van der Waals surface area (Å²) in [4.78, 5) is 16.3. The van der Waals surface area contributed by atoms with E-state index in [-0.39, 0.29) is 16.9 Å². The van der Waals surface area contributed by atoms with Crippen LogP contribution in [0.25, 0.3) is 22.6 Å². The van der Waals surface area contributed by atoms with Gasteiger partial charge >= 0.3 is 0 Å². The van der Waals surface area contributed by atoms with Crippen LogP contribution >= 0.6 is 12.2 Å². The lowest BCUT2D eigenvalue weighted by Crippen LogP contribution is -2.36. The van der Waals surface area contributed by atoms with E-state index in [1.807, 2.05) is 44.2 Å². The van der Waals surface area contributed by atoms with Gasteiger partial charge in [-0.05, 0) is 66.5 Å². The highest BCUT2D eigenvalue weighted by Gasteiger charge is 2.12. The fraction of sp³-hybridized carbons (Fsp3) is 0.318. The van der Waals surface area contributed by atoms with Gasteiger partial charge in [0.05, 0.1) is 0 Å². The van der Waals surface area contributed by atoms with Gasteiger partial charge in [-0.25, -0.2) is 4.98 Å². The fourth-order valence-electron chi connectivity index (χ4n) is 2.72. The Morgan fingerprint density at radius 2 is 1.86 bits per heavy atom. The van der Waals surface area contributed by atoms with Gasteiger partial charge in [-0.15, -0.1) is 0 Å². The van der Waals surface area contributed by atoms with Gasteiger partial charge in [-0.1, -0.05) is 33.8 Å². The number of oxazole rings is 1. The van der Waals surface area contributed by atoms with E-state index in [1.165, 1.54) is 5.56 Å². The summed E-state index contributed by atoms with van der Waals surface area (Å²) in [7, 11) is 0. The van der Waals surface area contributed by atoms with E-state index in [0.29, 0.717) is 11.8 Å². The Hall–Kier alpha value is -2.73. The molecule has 0 saturated carbocycles. The molecule has 0 aliphatic rings. The fourth-order valence-corrected chi connectivity index (χ4v) is 2.94. The molecule has 6 heteroatoms. The Morgan fingerprint density at radius 1 is 1.14 bits per heavy atom. The summed E-state index contributed by atoms with van der Waals surface area (Å²) in [6.07, 6.45) is 1.09. The average molecular weight is 396 g/mol. The van der Waals surface area contributed by atoms with Crippen molar-refractivity contribution in [3.63, 3.8) is 0 Å². The van der Waals surface area contributed by atoms with Crippen molar-refractivity contribution in [3.05, 3.63) is 48.0 Å². The topological polar surface area (TPSA) is 67.2 Å². The minimum Gasteiger partial charge on any atom is -0.436 e. The summed E-state index contributed by atoms with van der Waals surface area (Å²) in [5.41, 5.74) is 4.58. The summed E-state index contributed by atoms with van der Waals surface area (Å²) in [6.45, 7) is 8.03. The van der Waals surface area contributed by atoms with Gasteiger partial charge in [-0.2, -0.15) is 0 Å². The molecule has 1 heterocycles. The van der Waals surface area contributed by atoms with E-state index in [9.17, 15) is 4.79 Å². The summed E-state index contributed by atoms with van der Waals surface area (Å²) in [5.74, 6) is 0.841. The van der Waals surface area contributed by atoms with Crippen molar-refractivity contribution in [3.8, 4) is 11.5 Å². The standard InChI is InChI=1S/C22H25N3O2S/c1-5-14(4)16-8-11-19-18(12-16)24-21(27-19)15-6-9-17(10-7-15)23-22(28)25-20(26)13(2)3/h6-14H,5H2,1-4H3,(H2,23,25,26,28)/t14-/m0/s1. The van der Waals surface area contributed by atoms with Crippen molar-refractivity contribution in [1.82, 2.24) is 10.3 Å². The quantitative estimate of drug-likeness (QED) is 0.560. The summed E-state index contributed by atoms with van der Waals surface area (Å²) in [5, 5.41) is 5.95. The van der Waals surface area contributed by atoms with Crippen molar-refractivity contribution in [2.24, 2.45) is 5.92 Å². The van der Waals surface area contributed by atoms with E-state index >= 15 is 0 Å². The Balaban J connectivity index is 1.74. The molecule has 0 aliphatic carbocycles. The van der Waals surface area contributed by atoms with E-state index in [4.69, 9.17) is 16.6 Å². The molecule has 5 nitrogen and oxygen atoms in total. The molecule has 3 rings (SSSR count). The zero-order valence-corrected chi connectivity index (χ0v) is 17.4. The molecular formula is C22H25N3O2S. The second-order valence-corrected chi connectivity index (χ2v) is 7.64. The van der Waals surface area contributed by atoms with Gasteiger partial charge in [0.25, 0.3) is 0 Å². The SMILES string of the molecule is CC[C@H](C)c1ccc2oc(-c3ccc(NC(=S)NC(=O)C(C)C)cc3)nc2c1. The maximum absolute atomic E-state index is 11.7. The first-order valence-corrected chi connectivity index (χ1v) is 9.91.